The number of benzene rings is 2. The zero-order chi connectivity index (χ0) is 21.2. The predicted octanol–water partition coefficient (Wildman–Crippen LogP) is 4.64. The molecule has 0 atom stereocenters. The Morgan fingerprint density at radius 3 is 2.74 bits per heavy atom. The molecule has 1 amide bonds. The quantitative estimate of drug-likeness (QED) is 0.455. The van der Waals surface area contributed by atoms with Crippen LogP contribution in [-0.2, 0) is 0 Å². The number of anilines is 1. The van der Waals surface area contributed by atoms with Gasteiger partial charge < -0.3 is 5.32 Å². The fraction of sp³-hybridized carbons (Fsp3) is 0. The normalized spacial score (nSPS) is 10.7. The minimum atomic E-state index is -0.281. The van der Waals surface area contributed by atoms with E-state index in [0.717, 1.165) is 16.1 Å². The number of nitriles is 1. The highest BCUT2D eigenvalue weighted by molar-refractivity contribution is 7.13. The molecule has 3 heterocycles. The summed E-state index contributed by atoms with van der Waals surface area (Å²) in [6.07, 6.45) is 0. The molecule has 5 aromatic rings. The van der Waals surface area contributed by atoms with Crippen LogP contribution in [0.2, 0.25) is 0 Å². The summed E-state index contributed by atoms with van der Waals surface area (Å²) in [6.45, 7) is 0. The van der Waals surface area contributed by atoms with Gasteiger partial charge in [0, 0.05) is 16.8 Å². The molecule has 0 saturated carbocycles. The number of hydrogen-bond acceptors (Lipinski definition) is 6. The van der Waals surface area contributed by atoms with Crippen LogP contribution in [0.25, 0.3) is 27.6 Å². The number of amides is 1. The van der Waals surface area contributed by atoms with Crippen molar-refractivity contribution in [3.8, 4) is 28.0 Å². The van der Waals surface area contributed by atoms with Gasteiger partial charge in [-0.15, -0.1) is 21.5 Å². The van der Waals surface area contributed by atoms with Crippen LogP contribution in [-0.4, -0.2) is 25.7 Å². The van der Waals surface area contributed by atoms with Crippen LogP contribution < -0.4 is 5.32 Å². The van der Waals surface area contributed by atoms with Gasteiger partial charge in [-0.1, -0.05) is 24.3 Å². The summed E-state index contributed by atoms with van der Waals surface area (Å²) >= 11 is 1.58. The average Bonchev–Trinajstić information content (AvgIpc) is 3.48. The smallest absolute Gasteiger partial charge is 0.255 e. The fourth-order valence-electron chi connectivity index (χ4n) is 3.19. The van der Waals surface area contributed by atoms with Crippen molar-refractivity contribution < 1.29 is 4.79 Å². The predicted molar refractivity (Wildman–Crippen MR) is 119 cm³/mol. The number of carbonyl (C=O) groups excluding carboxylic acids is 1. The number of nitrogens with one attached hydrogen (secondary N) is 1. The molecule has 148 valence electrons. The van der Waals surface area contributed by atoms with Gasteiger partial charge in [-0.25, -0.2) is 0 Å². The van der Waals surface area contributed by atoms with Crippen LogP contribution >= 0.6 is 11.3 Å². The highest BCUT2D eigenvalue weighted by Gasteiger charge is 2.12. The lowest BCUT2D eigenvalue weighted by Crippen LogP contribution is -2.12. The second kappa shape index (κ2) is 7.82. The Labute approximate surface area is 181 Å². The van der Waals surface area contributed by atoms with Crippen LogP contribution in [0, 0.1) is 11.3 Å². The van der Waals surface area contributed by atoms with E-state index in [1.807, 2.05) is 60.0 Å². The summed E-state index contributed by atoms with van der Waals surface area (Å²) in [5.41, 5.74) is 3.73. The second-order valence-corrected chi connectivity index (χ2v) is 7.66. The highest BCUT2D eigenvalue weighted by atomic mass is 32.1. The van der Waals surface area contributed by atoms with Crippen molar-refractivity contribution in [2.45, 2.75) is 0 Å². The van der Waals surface area contributed by atoms with Crippen LogP contribution in [0.3, 0.4) is 0 Å². The topological polar surface area (TPSA) is 96.0 Å². The highest BCUT2D eigenvalue weighted by Crippen LogP contribution is 2.25. The number of aromatic nitrogens is 4. The molecule has 0 fully saturated rings. The maximum absolute atomic E-state index is 12.6. The van der Waals surface area contributed by atoms with Crippen molar-refractivity contribution >= 4 is 28.6 Å². The first-order chi connectivity index (χ1) is 15.2. The Morgan fingerprint density at radius 2 is 1.90 bits per heavy atom. The average molecular weight is 422 g/mol. The third-order valence-corrected chi connectivity index (χ3v) is 5.54. The molecule has 31 heavy (non-hydrogen) atoms. The summed E-state index contributed by atoms with van der Waals surface area (Å²) < 4.78 is 1.72. The SMILES string of the molecule is N#Cc1cccc(C(=O)Nc2cccc(-c3ccc4nnc(-c5cccs5)n4n3)c2)c1. The molecule has 0 aliphatic heterocycles. The van der Waals surface area contributed by atoms with Gasteiger partial charge in [-0.3, -0.25) is 4.79 Å². The first-order valence-electron chi connectivity index (χ1n) is 9.39. The van der Waals surface area contributed by atoms with Gasteiger partial charge in [0.25, 0.3) is 5.91 Å². The Hall–Kier alpha value is -4.35. The van der Waals surface area contributed by atoms with Crippen LogP contribution in [0.1, 0.15) is 15.9 Å². The molecule has 8 heteroatoms. The van der Waals surface area contributed by atoms with Crippen molar-refractivity contribution in [1.82, 2.24) is 19.8 Å². The van der Waals surface area contributed by atoms with E-state index in [4.69, 9.17) is 10.4 Å². The maximum Gasteiger partial charge on any atom is 0.255 e. The number of nitrogens with zero attached hydrogens (tertiary/aromatic N) is 5. The molecular formula is C23H14N6OS. The van der Waals surface area contributed by atoms with E-state index in [1.54, 1.807) is 40.1 Å². The standard InChI is InChI=1S/C23H14N6OS/c24-14-15-4-1-6-17(12-15)23(30)25-18-7-2-5-16(13-18)19-9-10-21-26-27-22(29(21)28-19)20-8-3-11-31-20/h1-13H,(H,25,30). The van der Waals surface area contributed by atoms with Crippen LogP contribution in [0.5, 0.6) is 0 Å². The summed E-state index contributed by atoms with van der Waals surface area (Å²) in [6, 6.07) is 23.8. The van der Waals surface area contributed by atoms with Crippen molar-refractivity contribution in [2.75, 3.05) is 5.32 Å². The van der Waals surface area contributed by atoms with E-state index in [9.17, 15) is 4.79 Å². The van der Waals surface area contributed by atoms with E-state index >= 15 is 0 Å². The number of carbonyl (C=O) groups is 1. The van der Waals surface area contributed by atoms with Gasteiger partial charge in [0.2, 0.25) is 0 Å². The first kappa shape index (κ1) is 18.7. The van der Waals surface area contributed by atoms with Gasteiger partial charge in [0.15, 0.2) is 11.5 Å². The van der Waals surface area contributed by atoms with Gasteiger partial charge >= 0.3 is 0 Å². The molecule has 0 unspecified atom stereocenters. The minimum Gasteiger partial charge on any atom is -0.322 e. The number of thiophene rings is 1. The molecule has 0 spiro atoms. The third-order valence-electron chi connectivity index (χ3n) is 4.67. The lowest BCUT2D eigenvalue weighted by atomic mass is 10.1. The summed E-state index contributed by atoms with van der Waals surface area (Å²) in [7, 11) is 0. The number of fused-ring (bicyclic) bond motifs is 1. The number of rotatable bonds is 4. The second-order valence-electron chi connectivity index (χ2n) is 6.72. The molecule has 0 aliphatic carbocycles. The van der Waals surface area contributed by atoms with E-state index in [0.29, 0.717) is 28.3 Å². The molecule has 5 rings (SSSR count). The summed E-state index contributed by atoms with van der Waals surface area (Å²) in [5.74, 6) is 0.408. The summed E-state index contributed by atoms with van der Waals surface area (Å²) in [5, 5.41) is 27.1. The fourth-order valence-corrected chi connectivity index (χ4v) is 3.89. The van der Waals surface area contributed by atoms with Crippen molar-refractivity contribution in [1.29, 1.82) is 5.26 Å². The number of hydrogen-bond donors (Lipinski definition) is 1. The van der Waals surface area contributed by atoms with E-state index in [1.165, 1.54) is 0 Å². The molecule has 0 aliphatic rings. The van der Waals surface area contributed by atoms with Crippen molar-refractivity contribution in [3.05, 3.63) is 89.3 Å². The first-order valence-corrected chi connectivity index (χ1v) is 10.3. The van der Waals surface area contributed by atoms with E-state index < -0.39 is 0 Å². The van der Waals surface area contributed by atoms with Crippen LogP contribution in [0.4, 0.5) is 5.69 Å². The molecule has 1 N–H and O–H groups in total. The lowest BCUT2D eigenvalue weighted by molar-refractivity contribution is 0.102. The Morgan fingerprint density at radius 1 is 1.00 bits per heavy atom. The van der Waals surface area contributed by atoms with Crippen molar-refractivity contribution in [3.63, 3.8) is 0 Å². The Kier molecular flexibility index (Phi) is 4.71. The maximum atomic E-state index is 12.6. The van der Waals surface area contributed by atoms with Crippen LogP contribution in [0.15, 0.2) is 78.2 Å². The van der Waals surface area contributed by atoms with Gasteiger partial charge in [-0.05, 0) is 53.9 Å². The molecular weight excluding hydrogens is 408 g/mol. The zero-order valence-corrected chi connectivity index (χ0v) is 16.9. The monoisotopic (exact) mass is 422 g/mol. The Bertz CT molecular complexity index is 1450. The Balaban J connectivity index is 1.46. The summed E-state index contributed by atoms with van der Waals surface area (Å²) in [4.78, 5) is 13.6. The molecule has 7 nitrogen and oxygen atoms in total. The molecule has 3 aromatic heterocycles. The lowest BCUT2D eigenvalue weighted by Gasteiger charge is -2.08. The van der Waals surface area contributed by atoms with E-state index in [2.05, 4.69) is 15.5 Å². The largest absolute Gasteiger partial charge is 0.322 e. The van der Waals surface area contributed by atoms with Gasteiger partial charge in [0.1, 0.15) is 0 Å². The molecule has 0 bridgehead atoms. The minimum absolute atomic E-state index is 0.281. The molecule has 0 radical (unpaired) electrons. The third kappa shape index (κ3) is 3.66. The molecule has 0 saturated heterocycles. The van der Waals surface area contributed by atoms with Crippen molar-refractivity contribution in [2.24, 2.45) is 0 Å². The van der Waals surface area contributed by atoms with Gasteiger partial charge in [0.05, 0.1) is 22.2 Å². The zero-order valence-electron chi connectivity index (χ0n) is 16.1. The van der Waals surface area contributed by atoms with E-state index in [-0.39, 0.29) is 5.91 Å². The molecule has 2 aromatic carbocycles. The van der Waals surface area contributed by atoms with Gasteiger partial charge in [-0.2, -0.15) is 14.9 Å².